The summed E-state index contributed by atoms with van der Waals surface area (Å²) in [5.74, 6) is 0.137. The van der Waals surface area contributed by atoms with Gasteiger partial charge < -0.3 is 9.73 Å². The summed E-state index contributed by atoms with van der Waals surface area (Å²) < 4.78 is 5.84. The van der Waals surface area contributed by atoms with E-state index in [0.717, 1.165) is 12.0 Å². The topological polar surface area (TPSA) is 42.2 Å². The summed E-state index contributed by atoms with van der Waals surface area (Å²) in [6.07, 6.45) is 4.87. The zero-order valence-electron chi connectivity index (χ0n) is 12.0. The van der Waals surface area contributed by atoms with E-state index in [-0.39, 0.29) is 11.9 Å². The average Bonchev–Trinajstić information content (AvgIpc) is 2.93. The number of aryl methyl sites for hydroxylation is 2. The normalized spacial score (nSPS) is 15.3. The van der Waals surface area contributed by atoms with Crippen LogP contribution in [0.25, 0.3) is 0 Å². The Morgan fingerprint density at radius 1 is 1.19 bits per heavy atom. The van der Waals surface area contributed by atoms with Crippen molar-refractivity contribution in [3.63, 3.8) is 0 Å². The third-order valence-electron chi connectivity index (χ3n) is 4.02. The first kappa shape index (κ1) is 14.4. The summed E-state index contributed by atoms with van der Waals surface area (Å²) in [6, 6.07) is 9.91. The molecule has 3 rings (SSSR count). The molecule has 0 radical (unpaired) electrons. The van der Waals surface area contributed by atoms with Crippen LogP contribution in [0.2, 0.25) is 0 Å². The van der Waals surface area contributed by atoms with Crippen molar-refractivity contribution >= 4 is 21.8 Å². The molecule has 0 aliphatic heterocycles. The second kappa shape index (κ2) is 6.06. The summed E-state index contributed by atoms with van der Waals surface area (Å²) in [6.45, 7) is 2.00. The summed E-state index contributed by atoms with van der Waals surface area (Å²) >= 11 is 3.21. The summed E-state index contributed by atoms with van der Waals surface area (Å²) in [4.78, 5) is 12.1. The maximum atomic E-state index is 12.1. The van der Waals surface area contributed by atoms with Crippen LogP contribution in [0.4, 0.5) is 0 Å². The van der Waals surface area contributed by atoms with Crippen LogP contribution >= 0.6 is 15.9 Å². The van der Waals surface area contributed by atoms with Gasteiger partial charge in [0.2, 0.25) is 0 Å². The van der Waals surface area contributed by atoms with Crippen molar-refractivity contribution < 1.29 is 9.21 Å². The highest BCUT2D eigenvalue weighted by molar-refractivity contribution is 9.10. The quantitative estimate of drug-likeness (QED) is 0.893. The first-order valence-electron chi connectivity index (χ1n) is 7.31. The SMILES string of the molecule is CC(NC(=O)c1ccc(Br)o1)c1ccc2c(c1)CCCC2. The summed E-state index contributed by atoms with van der Waals surface area (Å²) in [5, 5.41) is 2.98. The van der Waals surface area contributed by atoms with Crippen LogP contribution in [-0.4, -0.2) is 5.91 Å². The smallest absolute Gasteiger partial charge is 0.287 e. The zero-order valence-corrected chi connectivity index (χ0v) is 13.6. The van der Waals surface area contributed by atoms with Crippen LogP contribution in [0, 0.1) is 0 Å². The van der Waals surface area contributed by atoms with E-state index in [1.165, 1.54) is 30.4 Å². The Hall–Kier alpha value is -1.55. The van der Waals surface area contributed by atoms with Gasteiger partial charge in [-0.25, -0.2) is 0 Å². The zero-order chi connectivity index (χ0) is 14.8. The molecule has 1 aliphatic rings. The molecule has 0 saturated carbocycles. The molecule has 1 unspecified atom stereocenters. The fraction of sp³-hybridized carbons (Fsp3) is 0.353. The minimum atomic E-state index is -0.189. The standard InChI is InChI=1S/C17H18BrNO2/c1-11(19-17(20)15-8-9-16(18)21-15)13-7-6-12-4-2-3-5-14(12)10-13/h6-11H,2-5H2,1H3,(H,19,20). The van der Waals surface area contributed by atoms with Gasteiger partial charge >= 0.3 is 0 Å². The lowest BCUT2D eigenvalue weighted by Gasteiger charge is -2.19. The summed E-state index contributed by atoms with van der Waals surface area (Å²) in [7, 11) is 0. The maximum absolute atomic E-state index is 12.1. The number of carbonyl (C=O) groups excluding carboxylic acids is 1. The fourth-order valence-corrected chi connectivity index (χ4v) is 3.12. The largest absolute Gasteiger partial charge is 0.444 e. The molecule has 0 bridgehead atoms. The van der Waals surface area contributed by atoms with E-state index >= 15 is 0 Å². The minimum absolute atomic E-state index is 0.0337. The highest BCUT2D eigenvalue weighted by Gasteiger charge is 2.16. The molecule has 3 nitrogen and oxygen atoms in total. The molecule has 4 heteroatoms. The van der Waals surface area contributed by atoms with Crippen molar-refractivity contribution in [3.8, 4) is 0 Å². The lowest BCUT2D eigenvalue weighted by atomic mass is 9.89. The van der Waals surface area contributed by atoms with Crippen molar-refractivity contribution in [1.29, 1.82) is 0 Å². The second-order valence-electron chi connectivity index (χ2n) is 5.53. The molecular weight excluding hydrogens is 330 g/mol. The third-order valence-corrected chi connectivity index (χ3v) is 4.44. The van der Waals surface area contributed by atoms with Crippen LogP contribution in [-0.2, 0) is 12.8 Å². The molecule has 1 atom stereocenters. The Bertz CT molecular complexity index is 663. The fourth-order valence-electron chi connectivity index (χ4n) is 2.81. The number of fused-ring (bicyclic) bond motifs is 1. The van der Waals surface area contributed by atoms with Gasteiger partial charge in [0.15, 0.2) is 10.4 Å². The minimum Gasteiger partial charge on any atom is -0.444 e. The number of furan rings is 1. The molecule has 21 heavy (non-hydrogen) atoms. The van der Waals surface area contributed by atoms with Crippen LogP contribution in [0.5, 0.6) is 0 Å². The molecule has 1 aromatic carbocycles. The lowest BCUT2D eigenvalue weighted by Crippen LogP contribution is -2.26. The Morgan fingerprint density at radius 2 is 1.95 bits per heavy atom. The molecule has 2 aromatic rings. The molecule has 1 aromatic heterocycles. The van der Waals surface area contributed by atoms with Gasteiger partial charge in [-0.2, -0.15) is 0 Å². The van der Waals surface area contributed by atoms with Crippen molar-refractivity contribution in [1.82, 2.24) is 5.32 Å². The summed E-state index contributed by atoms with van der Waals surface area (Å²) in [5.41, 5.74) is 4.04. The third kappa shape index (κ3) is 3.21. The number of rotatable bonds is 3. The molecular formula is C17H18BrNO2. The molecule has 0 spiro atoms. The maximum Gasteiger partial charge on any atom is 0.287 e. The van der Waals surface area contributed by atoms with E-state index < -0.39 is 0 Å². The highest BCUT2D eigenvalue weighted by Crippen LogP contribution is 2.25. The van der Waals surface area contributed by atoms with E-state index in [0.29, 0.717) is 10.4 Å². The lowest BCUT2D eigenvalue weighted by molar-refractivity contribution is 0.0910. The Balaban J connectivity index is 1.73. The monoisotopic (exact) mass is 347 g/mol. The molecule has 1 aliphatic carbocycles. The molecule has 0 fully saturated rings. The molecule has 110 valence electrons. The Labute approximate surface area is 132 Å². The number of nitrogens with one attached hydrogen (secondary N) is 1. The van der Waals surface area contributed by atoms with E-state index in [4.69, 9.17) is 4.42 Å². The van der Waals surface area contributed by atoms with Gasteiger partial charge in [-0.1, -0.05) is 18.2 Å². The van der Waals surface area contributed by atoms with Gasteiger partial charge in [0, 0.05) is 0 Å². The Morgan fingerprint density at radius 3 is 2.67 bits per heavy atom. The van der Waals surface area contributed by atoms with E-state index in [1.807, 2.05) is 6.92 Å². The number of carbonyl (C=O) groups is 1. The van der Waals surface area contributed by atoms with Gasteiger partial charge in [0.1, 0.15) is 0 Å². The van der Waals surface area contributed by atoms with E-state index in [9.17, 15) is 4.79 Å². The number of benzene rings is 1. The van der Waals surface area contributed by atoms with Crippen LogP contribution < -0.4 is 5.32 Å². The molecule has 1 amide bonds. The Kier molecular flexibility index (Phi) is 4.15. The predicted molar refractivity (Wildman–Crippen MR) is 85.4 cm³/mol. The van der Waals surface area contributed by atoms with Gasteiger partial charge in [0.05, 0.1) is 6.04 Å². The first-order valence-corrected chi connectivity index (χ1v) is 8.10. The molecule has 0 saturated heterocycles. The van der Waals surface area contributed by atoms with Gasteiger partial charge in [-0.3, -0.25) is 4.79 Å². The van der Waals surface area contributed by atoms with Crippen molar-refractivity contribution in [2.75, 3.05) is 0 Å². The number of hydrogen-bond donors (Lipinski definition) is 1. The van der Waals surface area contributed by atoms with E-state index in [2.05, 4.69) is 39.4 Å². The predicted octanol–water partition coefficient (Wildman–Crippen LogP) is 4.41. The van der Waals surface area contributed by atoms with Crippen LogP contribution in [0.3, 0.4) is 0 Å². The van der Waals surface area contributed by atoms with Crippen LogP contribution in [0.1, 0.15) is 53.1 Å². The van der Waals surface area contributed by atoms with Crippen molar-refractivity contribution in [2.24, 2.45) is 0 Å². The molecule has 1 heterocycles. The van der Waals surface area contributed by atoms with E-state index in [1.54, 1.807) is 12.1 Å². The average molecular weight is 348 g/mol. The van der Waals surface area contributed by atoms with Crippen LogP contribution in [0.15, 0.2) is 39.4 Å². The van der Waals surface area contributed by atoms with Gasteiger partial charge in [-0.15, -0.1) is 0 Å². The van der Waals surface area contributed by atoms with Gasteiger partial charge in [-0.05, 0) is 77.4 Å². The number of halogens is 1. The number of hydrogen-bond acceptors (Lipinski definition) is 2. The van der Waals surface area contributed by atoms with Crippen molar-refractivity contribution in [2.45, 2.75) is 38.6 Å². The first-order chi connectivity index (χ1) is 10.1. The highest BCUT2D eigenvalue weighted by atomic mass is 79.9. The number of amides is 1. The second-order valence-corrected chi connectivity index (χ2v) is 6.32. The molecule has 1 N–H and O–H groups in total. The van der Waals surface area contributed by atoms with Gasteiger partial charge in [0.25, 0.3) is 5.91 Å². The van der Waals surface area contributed by atoms with Crippen molar-refractivity contribution in [3.05, 3.63) is 57.5 Å².